The number of carbonyl (C=O) groups is 3. The Morgan fingerprint density at radius 1 is 0.920 bits per heavy atom. The lowest BCUT2D eigenvalue weighted by atomic mass is 10.00. The molecule has 0 aliphatic heterocycles. The lowest BCUT2D eigenvalue weighted by Crippen LogP contribution is -2.46. The number of fused-ring (bicyclic) bond motifs is 3. The van der Waals surface area contributed by atoms with Gasteiger partial charge in [0.25, 0.3) is 0 Å². The quantitative estimate of drug-likeness (QED) is 0.114. The van der Waals surface area contributed by atoms with Crippen molar-refractivity contribution in [2.45, 2.75) is 65.1 Å². The highest BCUT2D eigenvalue weighted by molar-refractivity contribution is 6.33. The van der Waals surface area contributed by atoms with Gasteiger partial charge in [-0.15, -0.1) is 0 Å². The number of nitrogens with two attached hydrogens (primary N) is 1. The van der Waals surface area contributed by atoms with Gasteiger partial charge in [0.1, 0.15) is 11.4 Å². The molecule has 3 amide bonds. The molecule has 0 aliphatic carbocycles. The smallest absolute Gasteiger partial charge is 0.410 e. The maximum atomic E-state index is 13.2. The number of aromatic nitrogens is 2. The van der Waals surface area contributed by atoms with Crippen LogP contribution in [0.4, 0.5) is 10.6 Å². The van der Waals surface area contributed by atoms with Gasteiger partial charge < -0.3 is 26.0 Å². The normalized spacial score (nSPS) is 11.7. The van der Waals surface area contributed by atoms with Crippen LogP contribution in [-0.4, -0.2) is 57.0 Å². The Balaban J connectivity index is 1.22. The van der Waals surface area contributed by atoms with E-state index in [1.54, 1.807) is 24.5 Å². The molecule has 4 N–H and O–H groups in total. The van der Waals surface area contributed by atoms with Crippen molar-refractivity contribution >= 4 is 57.0 Å². The van der Waals surface area contributed by atoms with Crippen LogP contribution in [0, 0.1) is 0 Å². The van der Waals surface area contributed by atoms with Crippen molar-refractivity contribution in [1.82, 2.24) is 20.2 Å². The van der Waals surface area contributed by atoms with Crippen molar-refractivity contribution < 1.29 is 19.1 Å². The summed E-state index contributed by atoms with van der Waals surface area (Å²) < 4.78 is 5.68. The number of ether oxygens (including phenoxy) is 1. The number of carbonyl (C=O) groups excluding carboxylic acids is 3. The summed E-state index contributed by atoms with van der Waals surface area (Å²) in [7, 11) is 0. The monoisotopic (exact) mass is 694 g/mol. The Bertz CT molecular complexity index is 2030. The average Bonchev–Trinajstić information content (AvgIpc) is 3.05. The van der Waals surface area contributed by atoms with Gasteiger partial charge in [-0.05, 0) is 76.4 Å². The highest BCUT2D eigenvalue weighted by Crippen LogP contribution is 2.31. The molecule has 10 nitrogen and oxygen atoms in total. The van der Waals surface area contributed by atoms with Crippen molar-refractivity contribution in [3.05, 3.63) is 101 Å². The van der Waals surface area contributed by atoms with Crippen LogP contribution in [0.5, 0.6) is 0 Å². The van der Waals surface area contributed by atoms with E-state index in [1.165, 1.54) is 4.90 Å². The van der Waals surface area contributed by atoms with Crippen LogP contribution in [0.25, 0.3) is 32.8 Å². The van der Waals surface area contributed by atoms with Gasteiger partial charge in [-0.3, -0.25) is 14.6 Å². The predicted molar refractivity (Wildman–Crippen MR) is 199 cm³/mol. The Kier molecular flexibility index (Phi) is 10.9. The van der Waals surface area contributed by atoms with Gasteiger partial charge in [0.2, 0.25) is 11.8 Å². The zero-order chi connectivity index (χ0) is 36.1. The summed E-state index contributed by atoms with van der Waals surface area (Å²) in [4.78, 5) is 48.9. The second-order valence-electron chi connectivity index (χ2n) is 13.9. The zero-order valence-electron chi connectivity index (χ0n) is 29.0. The van der Waals surface area contributed by atoms with E-state index in [1.807, 2.05) is 95.3 Å². The topological polar surface area (TPSA) is 140 Å². The van der Waals surface area contributed by atoms with E-state index >= 15 is 0 Å². The van der Waals surface area contributed by atoms with Crippen molar-refractivity contribution in [2.24, 2.45) is 5.73 Å². The highest BCUT2D eigenvalue weighted by Gasteiger charge is 2.25. The number of amides is 3. The lowest BCUT2D eigenvalue weighted by Gasteiger charge is -2.29. The van der Waals surface area contributed by atoms with Gasteiger partial charge in [-0.2, -0.15) is 0 Å². The molecule has 2 aromatic heterocycles. The average molecular weight is 695 g/mol. The summed E-state index contributed by atoms with van der Waals surface area (Å²) in [6, 6.07) is 22.6. The van der Waals surface area contributed by atoms with Gasteiger partial charge in [-0.25, -0.2) is 9.78 Å². The summed E-state index contributed by atoms with van der Waals surface area (Å²) >= 11 is 6.66. The molecule has 260 valence electrons. The first kappa shape index (κ1) is 36.1. The molecule has 0 fully saturated rings. The molecule has 2 heterocycles. The number of anilines is 1. The number of hydrogen-bond donors (Lipinski definition) is 3. The number of nitrogens with zero attached hydrogens (tertiary/aromatic N) is 3. The molecule has 0 spiro atoms. The van der Waals surface area contributed by atoms with E-state index < -0.39 is 23.1 Å². The lowest BCUT2D eigenvalue weighted by molar-refractivity contribution is -0.123. The van der Waals surface area contributed by atoms with Crippen molar-refractivity contribution in [3.8, 4) is 11.1 Å². The van der Waals surface area contributed by atoms with Crippen molar-refractivity contribution in [1.29, 1.82) is 0 Å². The van der Waals surface area contributed by atoms with E-state index in [2.05, 4.69) is 15.6 Å². The number of halogens is 1. The molecule has 5 aromatic rings. The number of benzene rings is 3. The maximum Gasteiger partial charge on any atom is 0.410 e. The van der Waals surface area contributed by atoms with E-state index in [0.717, 1.165) is 32.8 Å². The highest BCUT2D eigenvalue weighted by atomic mass is 35.5. The standard InChI is InChI=1S/C39H43ClN6O4/c1-38(2,3)50-37(49)46(24-25-11-13-28(32(40)21-25)26-9-7-6-8-10-26)20-16-34(47)45-39(4,5)17-19-43-36-30-15-18-42-23-31(30)29-14-12-27(35(41)48)22-33(29)44-36/h6-15,18,21-23H,16-17,19-20,24H2,1-5H3,(H2,41,48)(H,43,44)(H,45,47). The minimum Gasteiger partial charge on any atom is -0.444 e. The molecular formula is C39H43ClN6O4. The third-order valence-electron chi connectivity index (χ3n) is 8.15. The molecule has 0 atom stereocenters. The van der Waals surface area contributed by atoms with Crippen LogP contribution < -0.4 is 16.4 Å². The molecule has 3 aromatic carbocycles. The molecule has 0 unspecified atom stereocenters. The maximum absolute atomic E-state index is 13.2. The van der Waals surface area contributed by atoms with Crippen LogP contribution in [0.2, 0.25) is 5.02 Å². The molecule has 0 saturated carbocycles. The number of rotatable bonds is 12. The third-order valence-corrected chi connectivity index (χ3v) is 8.47. The van der Waals surface area contributed by atoms with Crippen LogP contribution in [0.3, 0.4) is 0 Å². The van der Waals surface area contributed by atoms with E-state index in [4.69, 9.17) is 27.1 Å². The van der Waals surface area contributed by atoms with Gasteiger partial charge in [0, 0.05) is 76.3 Å². The van der Waals surface area contributed by atoms with Gasteiger partial charge in [-0.1, -0.05) is 60.1 Å². The molecular weight excluding hydrogens is 652 g/mol. The van der Waals surface area contributed by atoms with Crippen molar-refractivity contribution in [3.63, 3.8) is 0 Å². The summed E-state index contributed by atoms with van der Waals surface area (Å²) in [6.07, 6.45) is 3.63. The van der Waals surface area contributed by atoms with Crippen LogP contribution in [-0.2, 0) is 16.1 Å². The number of nitrogens with one attached hydrogen (secondary N) is 2. The number of primary amides is 1. The first-order valence-corrected chi connectivity index (χ1v) is 16.9. The SMILES string of the molecule is CC(C)(CCNc1nc2cc(C(N)=O)ccc2c2cnccc12)NC(=O)CCN(Cc1ccc(-c2ccccc2)c(Cl)c1)C(=O)OC(C)(C)C. The molecule has 0 saturated heterocycles. The third kappa shape index (κ3) is 9.26. The van der Waals surface area contributed by atoms with Crippen LogP contribution in [0.15, 0.2) is 85.2 Å². The molecule has 5 rings (SSSR count). The second kappa shape index (κ2) is 15.1. The van der Waals surface area contributed by atoms with Crippen LogP contribution in [0.1, 0.15) is 63.4 Å². The largest absolute Gasteiger partial charge is 0.444 e. The molecule has 11 heteroatoms. The zero-order valence-corrected chi connectivity index (χ0v) is 29.8. The van der Waals surface area contributed by atoms with Gasteiger partial charge in [0.05, 0.1) is 5.52 Å². The predicted octanol–water partition coefficient (Wildman–Crippen LogP) is 7.73. The Morgan fingerprint density at radius 2 is 1.68 bits per heavy atom. The number of pyridine rings is 2. The van der Waals surface area contributed by atoms with Crippen LogP contribution >= 0.6 is 11.6 Å². The summed E-state index contributed by atoms with van der Waals surface area (Å²) in [5.41, 5.74) is 7.95. The summed E-state index contributed by atoms with van der Waals surface area (Å²) in [5.74, 6) is -0.0769. The minimum atomic E-state index is -0.701. The Morgan fingerprint density at radius 3 is 2.38 bits per heavy atom. The van der Waals surface area contributed by atoms with E-state index in [9.17, 15) is 14.4 Å². The number of hydrogen-bond acceptors (Lipinski definition) is 7. The van der Waals surface area contributed by atoms with Gasteiger partial charge in [0.15, 0.2) is 0 Å². The first-order valence-electron chi connectivity index (χ1n) is 16.5. The molecule has 50 heavy (non-hydrogen) atoms. The minimum absolute atomic E-state index is 0.0813. The Hall–Kier alpha value is -5.22. The summed E-state index contributed by atoms with van der Waals surface area (Å²) in [6.45, 7) is 10.2. The Labute approximate surface area is 297 Å². The van der Waals surface area contributed by atoms with E-state index in [-0.39, 0.29) is 25.4 Å². The van der Waals surface area contributed by atoms with Crippen molar-refractivity contribution in [2.75, 3.05) is 18.4 Å². The second-order valence-corrected chi connectivity index (χ2v) is 14.3. The fourth-order valence-electron chi connectivity index (χ4n) is 5.66. The fourth-order valence-corrected chi connectivity index (χ4v) is 5.97. The molecule has 0 bridgehead atoms. The van der Waals surface area contributed by atoms with E-state index in [0.29, 0.717) is 34.9 Å². The van der Waals surface area contributed by atoms with Gasteiger partial charge >= 0.3 is 6.09 Å². The first-order chi connectivity index (χ1) is 23.7. The fraction of sp³-hybridized carbons (Fsp3) is 0.308. The molecule has 0 aliphatic rings. The molecule has 0 radical (unpaired) electrons. The summed E-state index contributed by atoms with van der Waals surface area (Å²) in [5, 5.41) is 9.74.